The molecule has 25 heavy (non-hydrogen) atoms. The third-order valence-electron chi connectivity index (χ3n) is 2.52. The van der Waals surface area contributed by atoms with Gasteiger partial charge in [-0.2, -0.15) is 26.3 Å². The summed E-state index contributed by atoms with van der Waals surface area (Å²) in [6.07, 6.45) is -10.1. The van der Waals surface area contributed by atoms with Crippen molar-refractivity contribution >= 4 is 13.3 Å². The summed E-state index contributed by atoms with van der Waals surface area (Å²) < 4.78 is 93.1. The fraction of sp³-hybridized carbons (Fsp3) is 0.455. The minimum absolute atomic E-state index is 0.474. The molecule has 1 N–H and O–H groups in total. The van der Waals surface area contributed by atoms with Crippen LogP contribution < -0.4 is 0 Å². The molecule has 0 aliphatic heterocycles. The Bertz CT molecular complexity index is 624. The van der Waals surface area contributed by atoms with Gasteiger partial charge in [-0.15, -0.1) is 0 Å². The van der Waals surface area contributed by atoms with Crippen molar-refractivity contribution in [3.8, 4) is 0 Å². The van der Waals surface area contributed by atoms with E-state index in [2.05, 4.69) is 9.05 Å². The highest BCUT2D eigenvalue weighted by molar-refractivity contribution is 7.54. The lowest BCUT2D eigenvalue weighted by Gasteiger charge is -2.24. The Morgan fingerprint density at radius 2 is 1.44 bits per heavy atom. The SMILES string of the molecule is O=[N+]([O-])c1ccc([C@@H](O)P(=O)(OCC(F)(F)F)OCC(F)(F)F)cc1. The van der Waals surface area contributed by atoms with Gasteiger partial charge in [0.05, 0.1) is 4.92 Å². The van der Waals surface area contributed by atoms with Crippen LogP contribution in [0, 0.1) is 10.1 Å². The summed E-state index contributed by atoms with van der Waals surface area (Å²) in [4.78, 5) is 9.66. The number of halogens is 6. The van der Waals surface area contributed by atoms with Gasteiger partial charge in [0.2, 0.25) is 0 Å². The highest BCUT2D eigenvalue weighted by atomic mass is 31.2. The molecule has 1 atom stereocenters. The molecule has 0 saturated heterocycles. The Kier molecular flexibility index (Phi) is 6.56. The second-order valence-corrected chi connectivity index (χ2v) is 6.62. The molecule has 14 heteroatoms. The minimum Gasteiger partial charge on any atom is -0.376 e. The summed E-state index contributed by atoms with van der Waals surface area (Å²) in [6.45, 7) is -4.46. The van der Waals surface area contributed by atoms with E-state index in [0.717, 1.165) is 24.3 Å². The molecule has 0 heterocycles. The smallest absolute Gasteiger partial charge is 0.376 e. The number of hydrogen-bond donors (Lipinski definition) is 1. The van der Waals surface area contributed by atoms with Gasteiger partial charge in [-0.05, 0) is 17.7 Å². The zero-order chi connectivity index (χ0) is 19.5. The predicted molar refractivity (Wildman–Crippen MR) is 69.7 cm³/mol. The van der Waals surface area contributed by atoms with Gasteiger partial charge in [0.1, 0.15) is 0 Å². The van der Waals surface area contributed by atoms with Crippen LogP contribution in [0.15, 0.2) is 24.3 Å². The van der Waals surface area contributed by atoms with E-state index in [1.54, 1.807) is 0 Å². The molecule has 0 bridgehead atoms. The number of nitro groups is 1. The van der Waals surface area contributed by atoms with Crippen LogP contribution in [-0.2, 0) is 13.6 Å². The van der Waals surface area contributed by atoms with Crippen molar-refractivity contribution in [2.24, 2.45) is 0 Å². The van der Waals surface area contributed by atoms with E-state index in [-0.39, 0.29) is 0 Å². The molecule has 0 aliphatic carbocycles. The van der Waals surface area contributed by atoms with E-state index in [4.69, 9.17) is 0 Å². The fourth-order valence-corrected chi connectivity index (χ4v) is 3.00. The number of rotatable bonds is 7. The number of aliphatic hydroxyl groups excluding tert-OH is 1. The van der Waals surface area contributed by atoms with E-state index >= 15 is 0 Å². The molecule has 0 fully saturated rings. The fourth-order valence-electron chi connectivity index (χ4n) is 1.46. The lowest BCUT2D eigenvalue weighted by atomic mass is 10.2. The van der Waals surface area contributed by atoms with Gasteiger partial charge in [-0.1, -0.05) is 0 Å². The van der Waals surface area contributed by atoms with Gasteiger partial charge in [0, 0.05) is 12.1 Å². The summed E-state index contributed by atoms with van der Waals surface area (Å²) in [5.74, 6) is -2.52. The quantitative estimate of drug-likeness (QED) is 0.324. The highest BCUT2D eigenvalue weighted by Gasteiger charge is 2.43. The zero-order valence-corrected chi connectivity index (χ0v) is 12.8. The van der Waals surface area contributed by atoms with Gasteiger partial charge in [0.15, 0.2) is 19.1 Å². The highest BCUT2D eigenvalue weighted by Crippen LogP contribution is 2.60. The topological polar surface area (TPSA) is 98.9 Å². The molecule has 0 amide bonds. The summed E-state index contributed by atoms with van der Waals surface area (Å²) in [6, 6.07) is 3.19. The minimum atomic E-state index is -5.32. The molecule has 7 nitrogen and oxygen atoms in total. The molecule has 1 aromatic carbocycles. The lowest BCUT2D eigenvalue weighted by molar-refractivity contribution is -0.384. The van der Waals surface area contributed by atoms with Crippen molar-refractivity contribution < 1.29 is 50.0 Å². The maximum Gasteiger partial charge on any atom is 0.412 e. The van der Waals surface area contributed by atoms with Crippen molar-refractivity contribution in [1.82, 2.24) is 0 Å². The van der Waals surface area contributed by atoms with Crippen LogP contribution in [0.1, 0.15) is 11.4 Å². The number of hydrogen-bond acceptors (Lipinski definition) is 6. The van der Waals surface area contributed by atoms with E-state index < -0.39 is 55.2 Å². The number of benzene rings is 1. The Morgan fingerprint density at radius 3 is 1.76 bits per heavy atom. The summed E-state index contributed by atoms with van der Waals surface area (Å²) in [5.41, 5.74) is -0.962. The summed E-state index contributed by atoms with van der Waals surface area (Å²) in [7, 11) is -5.32. The van der Waals surface area contributed by atoms with Crippen LogP contribution in [0.5, 0.6) is 0 Å². The Labute approximate surface area is 135 Å². The van der Waals surface area contributed by atoms with Gasteiger partial charge in [-0.3, -0.25) is 23.7 Å². The second-order valence-electron chi connectivity index (χ2n) is 4.54. The standard InChI is InChI=1S/C11H10F6NO6P/c12-10(13,14)5-23-25(22,24-6-11(15,16)17)9(19)7-1-3-8(4-2-7)18(20)21/h1-4,9,19H,5-6H2/t9-/m0/s1. The number of nitro benzene ring substituents is 1. The van der Waals surface area contributed by atoms with E-state index in [1.807, 2.05) is 0 Å². The first-order valence-corrected chi connectivity index (χ1v) is 7.79. The van der Waals surface area contributed by atoms with Crippen molar-refractivity contribution in [3.63, 3.8) is 0 Å². The third-order valence-corrected chi connectivity index (χ3v) is 4.39. The van der Waals surface area contributed by atoms with Crippen LogP contribution in [0.4, 0.5) is 32.0 Å². The van der Waals surface area contributed by atoms with Crippen LogP contribution in [-0.4, -0.2) is 35.6 Å². The molecule has 0 saturated carbocycles. The maximum atomic E-state index is 12.2. The maximum absolute atomic E-state index is 12.2. The molecule has 0 unspecified atom stereocenters. The molecular formula is C11H10F6NO6P. The van der Waals surface area contributed by atoms with Crippen molar-refractivity contribution in [1.29, 1.82) is 0 Å². The Hall–Kier alpha value is -1.69. The van der Waals surface area contributed by atoms with E-state index in [9.17, 15) is 46.1 Å². The number of non-ortho nitro benzene ring substituents is 1. The first-order chi connectivity index (χ1) is 11.2. The van der Waals surface area contributed by atoms with Crippen molar-refractivity contribution in [3.05, 3.63) is 39.9 Å². The van der Waals surface area contributed by atoms with Gasteiger partial charge >= 0.3 is 19.9 Å². The first kappa shape index (κ1) is 21.4. The van der Waals surface area contributed by atoms with Crippen LogP contribution in [0.3, 0.4) is 0 Å². The molecule has 0 spiro atoms. The largest absolute Gasteiger partial charge is 0.412 e. The molecule has 1 aromatic rings. The van der Waals surface area contributed by atoms with Crippen LogP contribution >= 0.6 is 7.60 Å². The van der Waals surface area contributed by atoms with Gasteiger partial charge < -0.3 is 5.11 Å². The van der Waals surface area contributed by atoms with Gasteiger partial charge in [-0.25, -0.2) is 0 Å². The first-order valence-electron chi connectivity index (χ1n) is 6.18. The predicted octanol–water partition coefficient (Wildman–Crippen LogP) is 3.94. The molecule has 0 radical (unpaired) electrons. The average molecular weight is 397 g/mol. The van der Waals surface area contributed by atoms with Crippen molar-refractivity contribution in [2.75, 3.05) is 13.2 Å². The van der Waals surface area contributed by atoms with E-state index in [1.165, 1.54) is 0 Å². The lowest BCUT2D eigenvalue weighted by Crippen LogP contribution is -2.21. The Morgan fingerprint density at radius 1 is 1.04 bits per heavy atom. The third kappa shape index (κ3) is 6.98. The molecule has 0 aromatic heterocycles. The molecular weight excluding hydrogens is 387 g/mol. The normalized spacial score (nSPS) is 14.4. The number of nitrogens with zero attached hydrogens (tertiary/aromatic N) is 1. The molecule has 0 aliphatic rings. The van der Waals surface area contributed by atoms with Crippen molar-refractivity contribution in [2.45, 2.75) is 18.2 Å². The summed E-state index contributed by atoms with van der Waals surface area (Å²) in [5, 5.41) is 20.3. The van der Waals surface area contributed by atoms with Crippen LogP contribution in [0.2, 0.25) is 0 Å². The molecule has 1 rings (SSSR count). The second kappa shape index (κ2) is 7.68. The van der Waals surface area contributed by atoms with Gasteiger partial charge in [0.25, 0.3) is 5.69 Å². The Balaban J connectivity index is 3.07. The average Bonchev–Trinajstić information content (AvgIpc) is 2.49. The number of aliphatic hydroxyl groups is 1. The number of alkyl halides is 6. The molecule has 142 valence electrons. The van der Waals surface area contributed by atoms with E-state index in [0.29, 0.717) is 0 Å². The summed E-state index contributed by atoms with van der Waals surface area (Å²) >= 11 is 0. The van der Waals surface area contributed by atoms with Crippen LogP contribution in [0.25, 0.3) is 0 Å². The monoisotopic (exact) mass is 397 g/mol. The zero-order valence-electron chi connectivity index (χ0n) is 12.0.